The van der Waals surface area contributed by atoms with Crippen LogP contribution in [0.15, 0.2) is 91.1 Å². The van der Waals surface area contributed by atoms with Gasteiger partial charge in [0, 0.05) is 12.6 Å². The summed E-state index contributed by atoms with van der Waals surface area (Å²) in [6.45, 7) is 0.622. The van der Waals surface area contributed by atoms with E-state index in [1.54, 1.807) is 0 Å². The third kappa shape index (κ3) is 3.45. The van der Waals surface area contributed by atoms with Crippen LogP contribution < -0.4 is 0 Å². The number of allylic oxidation sites excluding steroid dienone is 1. The number of amides is 1. The van der Waals surface area contributed by atoms with Crippen molar-refractivity contribution in [3.05, 3.63) is 102 Å². The molecule has 0 aliphatic carbocycles. The van der Waals surface area contributed by atoms with E-state index in [9.17, 15) is 4.79 Å². The van der Waals surface area contributed by atoms with Crippen molar-refractivity contribution in [1.29, 1.82) is 0 Å². The van der Waals surface area contributed by atoms with Crippen molar-refractivity contribution in [2.45, 2.75) is 19.4 Å². The molecule has 0 bridgehead atoms. The van der Waals surface area contributed by atoms with Crippen molar-refractivity contribution in [1.82, 2.24) is 4.90 Å². The maximum Gasteiger partial charge on any atom is 0.227 e. The zero-order chi connectivity index (χ0) is 17.8. The van der Waals surface area contributed by atoms with E-state index < -0.39 is 0 Å². The second-order valence-electron chi connectivity index (χ2n) is 6.57. The average molecular weight is 339 g/mol. The maximum atomic E-state index is 12.4. The first-order chi connectivity index (χ1) is 12.8. The van der Waals surface area contributed by atoms with Gasteiger partial charge >= 0.3 is 0 Å². The Bertz CT molecular complexity index is 929. The Kier molecular flexibility index (Phi) is 4.65. The van der Waals surface area contributed by atoms with E-state index in [1.165, 1.54) is 22.3 Å². The Morgan fingerprint density at radius 1 is 0.692 bits per heavy atom. The fourth-order valence-corrected chi connectivity index (χ4v) is 3.46. The summed E-state index contributed by atoms with van der Waals surface area (Å²) >= 11 is 0. The lowest BCUT2D eigenvalue weighted by Crippen LogP contribution is -2.28. The van der Waals surface area contributed by atoms with E-state index in [1.807, 2.05) is 35.4 Å². The fourth-order valence-electron chi connectivity index (χ4n) is 3.46. The van der Waals surface area contributed by atoms with Crippen LogP contribution in [0, 0.1) is 0 Å². The highest BCUT2D eigenvalue weighted by Crippen LogP contribution is 2.33. The van der Waals surface area contributed by atoms with Gasteiger partial charge in [-0.2, -0.15) is 0 Å². The Hall–Kier alpha value is -3.13. The van der Waals surface area contributed by atoms with Gasteiger partial charge in [0.05, 0.1) is 6.54 Å². The van der Waals surface area contributed by atoms with Gasteiger partial charge in [-0.1, -0.05) is 84.9 Å². The third-order valence-electron chi connectivity index (χ3n) is 4.79. The molecule has 3 aromatic rings. The van der Waals surface area contributed by atoms with Crippen molar-refractivity contribution in [2.24, 2.45) is 0 Å². The van der Waals surface area contributed by atoms with Crippen LogP contribution >= 0.6 is 0 Å². The minimum atomic E-state index is 0.190. The predicted molar refractivity (Wildman–Crippen MR) is 106 cm³/mol. The van der Waals surface area contributed by atoms with Crippen molar-refractivity contribution in [3.63, 3.8) is 0 Å². The SMILES string of the molecule is O=C1CCC(c2ccccc2-c2ccccc2)=CN1Cc1ccccc1. The van der Waals surface area contributed by atoms with E-state index in [4.69, 9.17) is 0 Å². The van der Waals surface area contributed by atoms with Gasteiger partial charge < -0.3 is 4.90 Å². The molecule has 3 aromatic carbocycles. The lowest BCUT2D eigenvalue weighted by molar-refractivity contribution is -0.129. The number of benzene rings is 3. The first-order valence-corrected chi connectivity index (χ1v) is 9.00. The minimum Gasteiger partial charge on any atom is -0.314 e. The van der Waals surface area contributed by atoms with Crippen LogP contribution in [0.25, 0.3) is 16.7 Å². The highest BCUT2D eigenvalue weighted by atomic mass is 16.2. The van der Waals surface area contributed by atoms with Crippen LogP contribution in [0.2, 0.25) is 0 Å². The predicted octanol–water partition coefficient (Wildman–Crippen LogP) is 5.52. The summed E-state index contributed by atoms with van der Waals surface area (Å²) in [4.78, 5) is 14.3. The Labute approximate surface area is 154 Å². The summed E-state index contributed by atoms with van der Waals surface area (Å²) < 4.78 is 0. The highest BCUT2D eigenvalue weighted by molar-refractivity contribution is 5.88. The molecule has 0 saturated carbocycles. The molecule has 0 saturated heterocycles. The lowest BCUT2D eigenvalue weighted by Gasteiger charge is -2.26. The zero-order valence-electron chi connectivity index (χ0n) is 14.6. The Morgan fingerprint density at radius 2 is 1.31 bits per heavy atom. The van der Waals surface area contributed by atoms with Crippen LogP contribution in [0.3, 0.4) is 0 Å². The summed E-state index contributed by atoms with van der Waals surface area (Å²) in [5.74, 6) is 0.190. The van der Waals surface area contributed by atoms with Gasteiger partial charge in [-0.15, -0.1) is 0 Å². The summed E-state index contributed by atoms with van der Waals surface area (Å²) in [5.41, 5.74) is 6.00. The molecule has 2 nitrogen and oxygen atoms in total. The third-order valence-corrected chi connectivity index (χ3v) is 4.79. The van der Waals surface area contributed by atoms with E-state index >= 15 is 0 Å². The quantitative estimate of drug-likeness (QED) is 0.613. The van der Waals surface area contributed by atoms with Crippen LogP contribution in [0.5, 0.6) is 0 Å². The number of rotatable bonds is 4. The molecule has 0 atom stereocenters. The van der Waals surface area contributed by atoms with Gasteiger partial charge in [0.25, 0.3) is 0 Å². The summed E-state index contributed by atoms with van der Waals surface area (Å²) in [7, 11) is 0. The van der Waals surface area contributed by atoms with Crippen LogP contribution in [-0.2, 0) is 11.3 Å². The van der Waals surface area contributed by atoms with Gasteiger partial charge in [0.2, 0.25) is 5.91 Å². The zero-order valence-corrected chi connectivity index (χ0v) is 14.6. The molecule has 0 spiro atoms. The summed E-state index contributed by atoms with van der Waals surface area (Å²) in [6, 6.07) is 29.0. The van der Waals surface area contributed by atoms with Gasteiger partial charge in [-0.3, -0.25) is 4.79 Å². The van der Waals surface area contributed by atoms with Crippen LogP contribution in [0.1, 0.15) is 24.0 Å². The van der Waals surface area contributed by atoms with Gasteiger partial charge in [-0.25, -0.2) is 0 Å². The van der Waals surface area contributed by atoms with Crippen molar-refractivity contribution >= 4 is 11.5 Å². The maximum absolute atomic E-state index is 12.4. The standard InChI is InChI=1S/C24H21NO/c26-24-16-15-21(18-25(24)17-19-9-3-1-4-10-19)23-14-8-7-13-22(23)20-11-5-2-6-12-20/h1-14,18H,15-17H2. The molecular weight excluding hydrogens is 318 g/mol. The van der Waals surface area contributed by atoms with Crippen LogP contribution in [0.4, 0.5) is 0 Å². The summed E-state index contributed by atoms with van der Waals surface area (Å²) in [5, 5.41) is 0. The van der Waals surface area contributed by atoms with E-state index in [0.29, 0.717) is 13.0 Å². The molecule has 0 radical (unpaired) electrons. The minimum absolute atomic E-state index is 0.190. The first-order valence-electron chi connectivity index (χ1n) is 9.00. The molecule has 0 unspecified atom stereocenters. The summed E-state index contributed by atoms with van der Waals surface area (Å²) in [6.07, 6.45) is 3.39. The number of hydrogen-bond donors (Lipinski definition) is 0. The van der Waals surface area contributed by atoms with E-state index in [0.717, 1.165) is 12.0 Å². The van der Waals surface area contributed by atoms with Crippen molar-refractivity contribution in [2.75, 3.05) is 0 Å². The largest absolute Gasteiger partial charge is 0.314 e. The smallest absolute Gasteiger partial charge is 0.227 e. The van der Waals surface area contributed by atoms with Crippen molar-refractivity contribution < 1.29 is 4.79 Å². The topological polar surface area (TPSA) is 20.3 Å². The number of nitrogens with zero attached hydrogens (tertiary/aromatic N) is 1. The highest BCUT2D eigenvalue weighted by Gasteiger charge is 2.21. The molecule has 0 aromatic heterocycles. The molecule has 1 heterocycles. The number of carbonyl (C=O) groups is 1. The monoisotopic (exact) mass is 339 g/mol. The second kappa shape index (κ2) is 7.40. The molecule has 1 aliphatic heterocycles. The fraction of sp³-hybridized carbons (Fsp3) is 0.125. The molecule has 0 N–H and O–H groups in total. The number of hydrogen-bond acceptors (Lipinski definition) is 1. The number of carbonyl (C=O) groups excluding carboxylic acids is 1. The molecule has 1 aliphatic rings. The van der Waals surface area contributed by atoms with Crippen LogP contribution in [-0.4, -0.2) is 10.8 Å². The molecule has 4 rings (SSSR count). The van der Waals surface area contributed by atoms with E-state index in [-0.39, 0.29) is 5.91 Å². The normalized spacial score (nSPS) is 14.2. The van der Waals surface area contributed by atoms with Crippen molar-refractivity contribution in [3.8, 4) is 11.1 Å². The molecule has 2 heteroatoms. The average Bonchev–Trinajstić information content (AvgIpc) is 2.71. The molecule has 128 valence electrons. The Morgan fingerprint density at radius 3 is 2.04 bits per heavy atom. The van der Waals surface area contributed by atoms with Gasteiger partial charge in [0.1, 0.15) is 0 Å². The van der Waals surface area contributed by atoms with Gasteiger partial charge in [0.15, 0.2) is 0 Å². The van der Waals surface area contributed by atoms with Gasteiger partial charge in [-0.05, 0) is 34.2 Å². The lowest BCUT2D eigenvalue weighted by atomic mass is 9.91. The molecular formula is C24H21NO. The second-order valence-corrected chi connectivity index (χ2v) is 6.57. The molecule has 26 heavy (non-hydrogen) atoms. The molecule has 1 amide bonds. The first kappa shape index (κ1) is 16.3. The van der Waals surface area contributed by atoms with E-state index in [2.05, 4.69) is 60.7 Å². The Balaban J connectivity index is 1.69. The molecule has 0 fully saturated rings.